The van der Waals surface area contributed by atoms with E-state index in [0.29, 0.717) is 11.3 Å². The first kappa shape index (κ1) is 23.8. The Morgan fingerprint density at radius 3 is 2.44 bits per heavy atom. The van der Waals surface area contributed by atoms with Gasteiger partial charge in [-0.05, 0) is 30.3 Å². The molecule has 0 amide bonds. The van der Waals surface area contributed by atoms with Gasteiger partial charge in [0.2, 0.25) is 0 Å². The first-order chi connectivity index (χ1) is 16.0. The third-order valence-corrected chi connectivity index (χ3v) is 6.93. The minimum Gasteiger partial charge on any atom is -0.307 e. The molecule has 8 nitrogen and oxygen atoms in total. The highest BCUT2D eigenvalue weighted by atomic mass is 35.5. The highest BCUT2D eigenvalue weighted by molar-refractivity contribution is 7.91. The fourth-order valence-electron chi connectivity index (χ4n) is 3.20. The van der Waals surface area contributed by atoms with E-state index in [4.69, 9.17) is 11.6 Å². The Bertz CT molecular complexity index is 1490. The van der Waals surface area contributed by atoms with Crippen LogP contribution in [0.5, 0.6) is 0 Å². The topological polar surface area (TPSA) is 104 Å². The van der Waals surface area contributed by atoms with Gasteiger partial charge in [-0.15, -0.1) is 10.2 Å². The van der Waals surface area contributed by atoms with Crippen LogP contribution in [0.3, 0.4) is 0 Å². The zero-order chi connectivity index (χ0) is 24.7. The van der Waals surface area contributed by atoms with E-state index >= 15 is 0 Å². The van der Waals surface area contributed by atoms with Crippen molar-refractivity contribution in [2.45, 2.75) is 18.0 Å². The smallest absolute Gasteiger partial charge is 0.307 e. The second-order valence-corrected chi connectivity index (χ2v) is 9.79. The zero-order valence-electron chi connectivity index (χ0n) is 17.7. The van der Waals surface area contributed by atoms with Crippen molar-refractivity contribution in [2.24, 2.45) is 7.05 Å². The van der Waals surface area contributed by atoms with E-state index in [1.807, 2.05) is 0 Å². The van der Waals surface area contributed by atoms with E-state index in [2.05, 4.69) is 25.1 Å². The molecular formula is C21H16ClF3N6O2S. The molecule has 4 aromatic heterocycles. The number of halogens is 4. The molecule has 0 aliphatic rings. The van der Waals surface area contributed by atoms with Gasteiger partial charge in [0.15, 0.2) is 21.5 Å². The van der Waals surface area contributed by atoms with Crippen LogP contribution in [0.1, 0.15) is 12.5 Å². The van der Waals surface area contributed by atoms with Gasteiger partial charge < -0.3 is 4.57 Å². The predicted molar refractivity (Wildman–Crippen MR) is 118 cm³/mol. The molecule has 0 saturated carbocycles. The fraction of sp³-hybridized carbons (Fsp3) is 0.190. The molecule has 0 saturated heterocycles. The van der Waals surface area contributed by atoms with Crippen LogP contribution in [-0.4, -0.2) is 43.9 Å². The number of rotatable bonds is 5. The van der Waals surface area contributed by atoms with Crippen molar-refractivity contribution in [2.75, 3.05) is 5.75 Å². The number of pyridine rings is 3. The molecule has 0 atom stereocenters. The molecule has 0 radical (unpaired) electrons. The summed E-state index contributed by atoms with van der Waals surface area (Å²) in [6.07, 6.45) is -2.13. The summed E-state index contributed by atoms with van der Waals surface area (Å²) in [7, 11) is -2.30. The van der Waals surface area contributed by atoms with Crippen LogP contribution in [0.15, 0.2) is 53.7 Å². The molecule has 0 aliphatic heterocycles. The van der Waals surface area contributed by atoms with Gasteiger partial charge in [-0.2, -0.15) is 13.2 Å². The van der Waals surface area contributed by atoms with E-state index in [1.54, 1.807) is 18.2 Å². The molecule has 0 aliphatic carbocycles. The van der Waals surface area contributed by atoms with Crippen molar-refractivity contribution in [1.82, 2.24) is 29.7 Å². The first-order valence-corrected chi connectivity index (χ1v) is 11.8. The summed E-state index contributed by atoms with van der Waals surface area (Å²) in [5.41, 5.74) is -0.129. The lowest BCUT2D eigenvalue weighted by atomic mass is 10.1. The van der Waals surface area contributed by atoms with E-state index in [9.17, 15) is 21.6 Å². The van der Waals surface area contributed by atoms with Crippen molar-refractivity contribution in [3.8, 4) is 34.3 Å². The molecule has 4 heterocycles. The van der Waals surface area contributed by atoms with E-state index in [0.717, 1.165) is 18.3 Å². The van der Waals surface area contributed by atoms with Gasteiger partial charge in [0, 0.05) is 25.0 Å². The SMILES string of the molecule is CCS(=O)(=O)c1cc(-c2cccc(Cl)n2)cnc1-c1nnc(-c2cc(C(F)(F)F)ccn2)n1C. The second-order valence-electron chi connectivity index (χ2n) is 7.15. The third kappa shape index (κ3) is 4.50. The maximum atomic E-state index is 13.1. The van der Waals surface area contributed by atoms with Crippen LogP contribution < -0.4 is 0 Å². The summed E-state index contributed by atoms with van der Waals surface area (Å²) in [4.78, 5) is 12.3. The molecular weight excluding hydrogens is 493 g/mol. The molecule has 34 heavy (non-hydrogen) atoms. The Labute approximate surface area is 197 Å². The summed E-state index contributed by atoms with van der Waals surface area (Å²) in [5, 5.41) is 8.18. The average Bonchev–Trinajstić information content (AvgIpc) is 3.19. The maximum Gasteiger partial charge on any atom is 0.416 e. The second kappa shape index (κ2) is 8.76. The van der Waals surface area contributed by atoms with Gasteiger partial charge in [0.1, 0.15) is 16.5 Å². The highest BCUT2D eigenvalue weighted by Gasteiger charge is 2.31. The van der Waals surface area contributed by atoms with E-state index in [1.165, 1.54) is 30.8 Å². The Balaban J connectivity index is 1.87. The summed E-state index contributed by atoms with van der Waals surface area (Å²) < 4.78 is 66.5. The van der Waals surface area contributed by atoms with Gasteiger partial charge >= 0.3 is 6.18 Å². The summed E-state index contributed by atoms with van der Waals surface area (Å²) in [6, 6.07) is 8.01. The molecule has 0 aromatic carbocycles. The lowest BCUT2D eigenvalue weighted by molar-refractivity contribution is -0.137. The van der Waals surface area contributed by atoms with Gasteiger partial charge in [-0.1, -0.05) is 24.6 Å². The molecule has 176 valence electrons. The molecule has 4 aromatic rings. The van der Waals surface area contributed by atoms with Crippen LogP contribution in [0.2, 0.25) is 5.15 Å². The van der Waals surface area contributed by atoms with E-state index < -0.39 is 21.6 Å². The highest BCUT2D eigenvalue weighted by Crippen LogP contribution is 2.33. The van der Waals surface area contributed by atoms with Crippen molar-refractivity contribution >= 4 is 21.4 Å². The Morgan fingerprint density at radius 1 is 1.03 bits per heavy atom. The first-order valence-electron chi connectivity index (χ1n) is 9.80. The quantitative estimate of drug-likeness (QED) is 0.366. The van der Waals surface area contributed by atoms with Crippen molar-refractivity contribution in [3.05, 3.63) is 59.5 Å². The number of nitrogens with zero attached hydrogens (tertiary/aromatic N) is 6. The molecule has 0 fully saturated rings. The van der Waals surface area contributed by atoms with Crippen molar-refractivity contribution in [3.63, 3.8) is 0 Å². The maximum absolute atomic E-state index is 13.1. The lowest BCUT2D eigenvalue weighted by Gasteiger charge is -2.11. The minimum atomic E-state index is -4.56. The van der Waals surface area contributed by atoms with Gasteiger partial charge in [0.25, 0.3) is 0 Å². The molecule has 4 rings (SSSR count). The average molecular weight is 509 g/mol. The van der Waals surface area contributed by atoms with E-state index in [-0.39, 0.29) is 38.8 Å². The lowest BCUT2D eigenvalue weighted by Crippen LogP contribution is -2.10. The summed E-state index contributed by atoms with van der Waals surface area (Å²) in [6.45, 7) is 1.48. The number of sulfone groups is 1. The van der Waals surface area contributed by atoms with Crippen LogP contribution >= 0.6 is 11.6 Å². The monoisotopic (exact) mass is 508 g/mol. The van der Waals surface area contributed by atoms with Crippen LogP contribution in [0, 0.1) is 0 Å². The molecule has 0 N–H and O–H groups in total. The normalized spacial score (nSPS) is 12.2. The molecule has 0 spiro atoms. The van der Waals surface area contributed by atoms with Crippen molar-refractivity contribution < 1.29 is 21.6 Å². The standard InChI is InChI=1S/C21H16ClF3N6O2S/c1-3-34(32,33)16-9-12(14-5-4-6-17(22)28-14)11-27-18(16)20-30-29-19(31(20)2)15-10-13(7-8-26-15)21(23,24)25/h4-11H,3H2,1-2H3. The number of alkyl halides is 3. The Hall–Kier alpha value is -3.38. The van der Waals surface area contributed by atoms with Crippen LogP contribution in [0.25, 0.3) is 34.3 Å². The van der Waals surface area contributed by atoms with Crippen LogP contribution in [0.4, 0.5) is 13.2 Å². The fourth-order valence-corrected chi connectivity index (χ4v) is 4.42. The molecule has 13 heteroatoms. The van der Waals surface area contributed by atoms with Gasteiger partial charge in [0.05, 0.1) is 21.9 Å². The zero-order valence-corrected chi connectivity index (χ0v) is 19.3. The number of hydrogen-bond donors (Lipinski definition) is 0. The summed E-state index contributed by atoms with van der Waals surface area (Å²) in [5.74, 6) is -0.149. The Morgan fingerprint density at radius 2 is 1.76 bits per heavy atom. The largest absolute Gasteiger partial charge is 0.416 e. The predicted octanol–water partition coefficient (Wildman–Crippen LogP) is 4.47. The minimum absolute atomic E-state index is 0.000791. The van der Waals surface area contributed by atoms with Gasteiger partial charge in [-0.3, -0.25) is 9.97 Å². The number of hydrogen-bond acceptors (Lipinski definition) is 7. The third-order valence-electron chi connectivity index (χ3n) is 4.98. The molecule has 0 unspecified atom stereocenters. The Kier molecular flexibility index (Phi) is 6.13. The molecule has 0 bridgehead atoms. The van der Waals surface area contributed by atoms with Crippen molar-refractivity contribution in [1.29, 1.82) is 0 Å². The van der Waals surface area contributed by atoms with Crippen LogP contribution in [-0.2, 0) is 23.1 Å². The summed E-state index contributed by atoms with van der Waals surface area (Å²) >= 11 is 5.95. The van der Waals surface area contributed by atoms with Gasteiger partial charge in [-0.25, -0.2) is 13.4 Å². The number of aromatic nitrogens is 6.